The Balaban J connectivity index is 0.000000422. The van der Waals surface area contributed by atoms with E-state index in [4.69, 9.17) is 23.2 Å². The van der Waals surface area contributed by atoms with Crippen LogP contribution < -0.4 is 5.32 Å². The van der Waals surface area contributed by atoms with Crippen LogP contribution in [0.15, 0.2) is 47.5 Å². The second-order valence-electron chi connectivity index (χ2n) is 5.53. The average Bonchev–Trinajstić information content (AvgIpc) is 3.03. The Kier molecular flexibility index (Phi) is 10.3. The third kappa shape index (κ3) is 7.00. The van der Waals surface area contributed by atoms with Gasteiger partial charge in [0.15, 0.2) is 0 Å². The molecule has 1 N–H and O–H groups in total. The Morgan fingerprint density at radius 2 is 1.77 bits per heavy atom. The SMILES string of the molecule is CC/C=C/Cl.CCc1ccc(C2CC(C/C=C/Cl)CN2)cc1. The van der Waals surface area contributed by atoms with Crippen LogP contribution in [-0.2, 0) is 6.42 Å². The van der Waals surface area contributed by atoms with E-state index in [1.54, 1.807) is 5.54 Å². The zero-order valence-corrected chi connectivity index (χ0v) is 15.1. The molecule has 0 aromatic heterocycles. The smallest absolute Gasteiger partial charge is 0.0323 e. The van der Waals surface area contributed by atoms with E-state index in [1.165, 1.54) is 23.1 Å². The topological polar surface area (TPSA) is 12.0 Å². The van der Waals surface area contributed by atoms with Crippen molar-refractivity contribution in [2.45, 2.75) is 45.6 Å². The van der Waals surface area contributed by atoms with E-state index in [2.05, 4.69) is 42.6 Å². The summed E-state index contributed by atoms with van der Waals surface area (Å²) in [5.41, 5.74) is 5.98. The van der Waals surface area contributed by atoms with Crippen molar-refractivity contribution in [2.24, 2.45) is 5.92 Å². The largest absolute Gasteiger partial charge is 0.310 e. The molecule has 1 heterocycles. The molecule has 0 radical (unpaired) electrons. The summed E-state index contributed by atoms with van der Waals surface area (Å²) in [6.07, 6.45) is 8.38. The zero-order valence-electron chi connectivity index (χ0n) is 13.6. The lowest BCUT2D eigenvalue weighted by Gasteiger charge is -2.11. The third-order valence-corrected chi connectivity index (χ3v) is 4.25. The molecule has 22 heavy (non-hydrogen) atoms. The van der Waals surface area contributed by atoms with E-state index in [1.807, 2.05) is 13.0 Å². The maximum Gasteiger partial charge on any atom is 0.0323 e. The van der Waals surface area contributed by atoms with Crippen LogP contribution >= 0.6 is 23.2 Å². The van der Waals surface area contributed by atoms with Crippen molar-refractivity contribution in [3.63, 3.8) is 0 Å². The number of hydrogen-bond donors (Lipinski definition) is 1. The first kappa shape index (κ1) is 19.3. The predicted molar refractivity (Wildman–Crippen MR) is 99.6 cm³/mol. The monoisotopic (exact) mass is 339 g/mol. The lowest BCUT2D eigenvalue weighted by Crippen LogP contribution is -2.13. The number of allylic oxidation sites excluding steroid dienone is 2. The van der Waals surface area contributed by atoms with Gasteiger partial charge in [0, 0.05) is 17.1 Å². The Morgan fingerprint density at radius 3 is 2.27 bits per heavy atom. The van der Waals surface area contributed by atoms with Crippen LogP contribution in [-0.4, -0.2) is 6.54 Å². The number of nitrogens with one attached hydrogen (secondary N) is 1. The number of halogens is 2. The fourth-order valence-corrected chi connectivity index (χ4v) is 2.84. The molecule has 1 aliphatic rings. The molecule has 3 heteroatoms. The van der Waals surface area contributed by atoms with Gasteiger partial charge in [0.1, 0.15) is 0 Å². The summed E-state index contributed by atoms with van der Waals surface area (Å²) in [6, 6.07) is 9.52. The van der Waals surface area contributed by atoms with Gasteiger partial charge in [-0.1, -0.05) is 73.5 Å². The first-order chi connectivity index (χ1) is 10.7. The average molecular weight is 340 g/mol. The van der Waals surface area contributed by atoms with Crippen molar-refractivity contribution in [1.29, 1.82) is 0 Å². The van der Waals surface area contributed by atoms with Crippen LogP contribution in [0.25, 0.3) is 0 Å². The van der Waals surface area contributed by atoms with Crippen LogP contribution in [0.3, 0.4) is 0 Å². The van der Waals surface area contributed by atoms with Gasteiger partial charge in [0.2, 0.25) is 0 Å². The minimum Gasteiger partial charge on any atom is -0.310 e. The molecule has 2 rings (SSSR count). The van der Waals surface area contributed by atoms with Crippen molar-refractivity contribution in [3.8, 4) is 0 Å². The highest BCUT2D eigenvalue weighted by Gasteiger charge is 2.23. The molecule has 122 valence electrons. The number of aryl methyl sites for hydroxylation is 1. The van der Waals surface area contributed by atoms with E-state index in [0.29, 0.717) is 6.04 Å². The zero-order chi connectivity index (χ0) is 16.2. The highest BCUT2D eigenvalue weighted by atomic mass is 35.5. The van der Waals surface area contributed by atoms with E-state index in [9.17, 15) is 0 Å². The van der Waals surface area contributed by atoms with Crippen molar-refractivity contribution in [3.05, 3.63) is 58.6 Å². The van der Waals surface area contributed by atoms with Crippen molar-refractivity contribution in [1.82, 2.24) is 5.32 Å². The van der Waals surface area contributed by atoms with Gasteiger partial charge in [-0.2, -0.15) is 0 Å². The highest BCUT2D eigenvalue weighted by molar-refractivity contribution is 6.25. The second-order valence-corrected chi connectivity index (χ2v) is 6.03. The van der Waals surface area contributed by atoms with Crippen LogP contribution in [0.5, 0.6) is 0 Å². The molecule has 1 fully saturated rings. The van der Waals surface area contributed by atoms with Gasteiger partial charge in [-0.3, -0.25) is 0 Å². The molecule has 1 aromatic rings. The Hall–Kier alpha value is -0.760. The summed E-state index contributed by atoms with van der Waals surface area (Å²) in [4.78, 5) is 0. The quantitative estimate of drug-likeness (QED) is 0.674. The maximum atomic E-state index is 5.57. The standard InChI is InChI=1S/C15H20ClN.C4H7Cl/c1-2-12-5-7-14(8-6-12)15-10-13(11-17-15)4-3-9-16;1-2-3-4-5/h3,5-9,13,15,17H,2,4,10-11H2,1H3;3-4H,2H2,1H3/b9-3+;4-3+. The highest BCUT2D eigenvalue weighted by Crippen LogP contribution is 2.29. The Bertz CT molecular complexity index is 451. The molecule has 1 saturated heterocycles. The summed E-state index contributed by atoms with van der Waals surface area (Å²) in [5, 5.41) is 3.59. The maximum absolute atomic E-state index is 5.57. The molecular weight excluding hydrogens is 313 g/mol. The first-order valence-corrected chi connectivity index (χ1v) is 8.95. The minimum atomic E-state index is 0.523. The molecule has 0 amide bonds. The molecule has 1 nitrogen and oxygen atoms in total. The molecular formula is C19H27Cl2N. The van der Waals surface area contributed by atoms with Gasteiger partial charge in [-0.15, -0.1) is 0 Å². The summed E-state index contributed by atoms with van der Waals surface area (Å²) >= 11 is 10.7. The van der Waals surface area contributed by atoms with E-state index in [0.717, 1.165) is 31.7 Å². The molecule has 0 saturated carbocycles. The minimum absolute atomic E-state index is 0.523. The molecule has 1 aromatic carbocycles. The molecule has 2 unspecified atom stereocenters. The summed E-state index contributed by atoms with van der Waals surface area (Å²) in [5.74, 6) is 0.723. The Labute approximate surface area is 145 Å². The van der Waals surface area contributed by atoms with Gasteiger partial charge < -0.3 is 5.32 Å². The summed E-state index contributed by atoms with van der Waals surface area (Å²) in [6.45, 7) is 5.33. The lowest BCUT2D eigenvalue weighted by molar-refractivity contribution is 0.571. The van der Waals surface area contributed by atoms with Crippen molar-refractivity contribution in [2.75, 3.05) is 6.54 Å². The van der Waals surface area contributed by atoms with Gasteiger partial charge in [0.05, 0.1) is 0 Å². The normalized spacial score (nSPS) is 21.3. The number of hydrogen-bond acceptors (Lipinski definition) is 1. The second kappa shape index (κ2) is 11.8. The number of rotatable bonds is 5. The summed E-state index contributed by atoms with van der Waals surface area (Å²) in [7, 11) is 0. The summed E-state index contributed by atoms with van der Waals surface area (Å²) < 4.78 is 0. The van der Waals surface area contributed by atoms with Gasteiger partial charge in [0.25, 0.3) is 0 Å². The van der Waals surface area contributed by atoms with Crippen LogP contribution in [0.1, 0.15) is 50.3 Å². The fraction of sp³-hybridized carbons (Fsp3) is 0.474. The van der Waals surface area contributed by atoms with E-state index in [-0.39, 0.29) is 0 Å². The van der Waals surface area contributed by atoms with Crippen molar-refractivity contribution >= 4 is 23.2 Å². The molecule has 0 aliphatic carbocycles. The van der Waals surface area contributed by atoms with Crippen LogP contribution in [0, 0.1) is 5.92 Å². The lowest BCUT2D eigenvalue weighted by atomic mass is 9.97. The molecule has 0 spiro atoms. The molecule has 2 atom stereocenters. The Morgan fingerprint density at radius 1 is 1.09 bits per heavy atom. The fourth-order valence-electron chi connectivity index (χ4n) is 2.56. The van der Waals surface area contributed by atoms with Gasteiger partial charge in [-0.25, -0.2) is 0 Å². The third-order valence-electron chi connectivity index (χ3n) is 3.90. The van der Waals surface area contributed by atoms with Crippen molar-refractivity contribution < 1.29 is 0 Å². The molecule has 1 aliphatic heterocycles. The van der Waals surface area contributed by atoms with Gasteiger partial charge >= 0.3 is 0 Å². The van der Waals surface area contributed by atoms with Gasteiger partial charge in [-0.05, 0) is 49.3 Å². The predicted octanol–water partition coefficient (Wildman–Crippen LogP) is 6.19. The first-order valence-electron chi connectivity index (χ1n) is 8.07. The number of benzene rings is 1. The van der Waals surface area contributed by atoms with Crippen LogP contribution in [0.2, 0.25) is 0 Å². The van der Waals surface area contributed by atoms with Crippen LogP contribution in [0.4, 0.5) is 0 Å². The van der Waals surface area contributed by atoms with E-state index < -0.39 is 0 Å². The molecule has 0 bridgehead atoms. The van der Waals surface area contributed by atoms with E-state index >= 15 is 0 Å².